The summed E-state index contributed by atoms with van der Waals surface area (Å²) in [7, 11) is 0. The highest BCUT2D eigenvalue weighted by Gasteiger charge is 2.10. The van der Waals surface area contributed by atoms with E-state index in [1.165, 1.54) is 6.07 Å². The highest BCUT2D eigenvalue weighted by atomic mass is 16.5. The van der Waals surface area contributed by atoms with E-state index in [0.29, 0.717) is 12.4 Å². The third-order valence-electron chi connectivity index (χ3n) is 1.57. The Morgan fingerprint density at radius 2 is 2.31 bits per heavy atom. The van der Waals surface area contributed by atoms with Crippen LogP contribution in [0.15, 0.2) is 18.2 Å². The summed E-state index contributed by atoms with van der Waals surface area (Å²) in [5.41, 5.74) is 5.54. The molecule has 0 saturated heterocycles. The largest absolute Gasteiger partial charge is 0.507 e. The number of amidine groups is 1. The number of phenols is 1. The second-order valence-electron chi connectivity index (χ2n) is 2.50. The minimum Gasteiger partial charge on any atom is -0.507 e. The highest BCUT2D eigenvalue weighted by Crippen LogP contribution is 2.26. The van der Waals surface area contributed by atoms with E-state index in [2.05, 4.69) is 0 Å². The molecular weight excluding hydrogens is 168 g/mol. The van der Waals surface area contributed by atoms with Crippen LogP contribution >= 0.6 is 0 Å². The van der Waals surface area contributed by atoms with Crippen molar-refractivity contribution in [2.75, 3.05) is 6.61 Å². The zero-order chi connectivity index (χ0) is 9.84. The molecule has 13 heavy (non-hydrogen) atoms. The van der Waals surface area contributed by atoms with E-state index in [4.69, 9.17) is 15.9 Å². The molecule has 0 aliphatic carbocycles. The normalized spacial score (nSPS) is 9.62. The Morgan fingerprint density at radius 1 is 1.62 bits per heavy atom. The number of nitrogens with two attached hydrogens (primary N) is 1. The molecule has 4 nitrogen and oxygen atoms in total. The third-order valence-corrected chi connectivity index (χ3v) is 1.57. The summed E-state index contributed by atoms with van der Waals surface area (Å²) in [6, 6.07) is 4.78. The zero-order valence-electron chi connectivity index (χ0n) is 7.37. The molecule has 0 aliphatic heterocycles. The maximum atomic E-state index is 9.39. The first kappa shape index (κ1) is 9.38. The van der Waals surface area contributed by atoms with Gasteiger partial charge in [-0.15, -0.1) is 0 Å². The van der Waals surface area contributed by atoms with Crippen LogP contribution in [0.2, 0.25) is 0 Å². The number of aromatic hydroxyl groups is 1. The van der Waals surface area contributed by atoms with E-state index in [0.717, 1.165) is 0 Å². The molecule has 0 aromatic heterocycles. The van der Waals surface area contributed by atoms with Crippen LogP contribution in [0.1, 0.15) is 12.5 Å². The summed E-state index contributed by atoms with van der Waals surface area (Å²) in [6.45, 7) is 2.30. The fourth-order valence-corrected chi connectivity index (χ4v) is 1.07. The summed E-state index contributed by atoms with van der Waals surface area (Å²) in [4.78, 5) is 0. The molecule has 4 N–H and O–H groups in total. The molecule has 0 aliphatic rings. The van der Waals surface area contributed by atoms with Crippen LogP contribution in [0.5, 0.6) is 11.5 Å². The van der Waals surface area contributed by atoms with Crippen LogP contribution in [-0.4, -0.2) is 17.5 Å². The number of nitrogens with one attached hydrogen (secondary N) is 1. The molecule has 70 valence electrons. The Bertz CT molecular complexity index is 323. The number of nitrogen functional groups attached to an aromatic ring is 1. The van der Waals surface area contributed by atoms with Gasteiger partial charge in [0.15, 0.2) is 0 Å². The van der Waals surface area contributed by atoms with Crippen molar-refractivity contribution >= 4 is 5.84 Å². The minimum atomic E-state index is -0.193. The number of ether oxygens (including phenoxy) is 1. The van der Waals surface area contributed by atoms with Gasteiger partial charge in [-0.05, 0) is 19.1 Å². The first-order valence-corrected chi connectivity index (χ1v) is 3.96. The molecule has 1 aromatic carbocycles. The lowest BCUT2D eigenvalue weighted by Gasteiger charge is -2.09. The number of hydrogen-bond acceptors (Lipinski definition) is 3. The fraction of sp³-hybridized carbons (Fsp3) is 0.222. The fourth-order valence-electron chi connectivity index (χ4n) is 1.07. The van der Waals surface area contributed by atoms with Crippen molar-refractivity contribution in [2.45, 2.75) is 6.92 Å². The van der Waals surface area contributed by atoms with Crippen molar-refractivity contribution < 1.29 is 9.84 Å². The summed E-state index contributed by atoms with van der Waals surface area (Å²) >= 11 is 0. The molecule has 1 rings (SSSR count). The Hall–Kier alpha value is -1.71. The molecule has 1 aromatic rings. The Kier molecular flexibility index (Phi) is 2.74. The van der Waals surface area contributed by atoms with Crippen molar-refractivity contribution in [1.29, 1.82) is 5.41 Å². The molecule has 0 bridgehead atoms. The first-order chi connectivity index (χ1) is 6.16. The van der Waals surface area contributed by atoms with Gasteiger partial charge in [0.05, 0.1) is 12.2 Å². The second-order valence-corrected chi connectivity index (χ2v) is 2.50. The van der Waals surface area contributed by atoms with Gasteiger partial charge >= 0.3 is 0 Å². The Labute approximate surface area is 76.5 Å². The average molecular weight is 180 g/mol. The summed E-state index contributed by atoms with van der Waals surface area (Å²) < 4.78 is 5.20. The predicted octanol–water partition coefficient (Wildman–Crippen LogP) is 1.07. The van der Waals surface area contributed by atoms with Gasteiger partial charge < -0.3 is 15.6 Å². The SMILES string of the molecule is CCOc1cccc(O)c1C(=N)N. The second kappa shape index (κ2) is 3.80. The molecule has 0 radical (unpaired) electrons. The van der Waals surface area contributed by atoms with Crippen molar-refractivity contribution in [3.63, 3.8) is 0 Å². The number of benzene rings is 1. The van der Waals surface area contributed by atoms with Gasteiger partial charge in [0.25, 0.3) is 0 Å². The van der Waals surface area contributed by atoms with E-state index in [1.54, 1.807) is 12.1 Å². The number of phenolic OH excluding ortho intramolecular Hbond substituents is 1. The van der Waals surface area contributed by atoms with Gasteiger partial charge in [0, 0.05) is 0 Å². The molecule has 0 atom stereocenters. The van der Waals surface area contributed by atoms with Gasteiger partial charge in [0.2, 0.25) is 0 Å². The van der Waals surface area contributed by atoms with E-state index in [-0.39, 0.29) is 17.1 Å². The first-order valence-electron chi connectivity index (χ1n) is 3.96. The molecule has 0 fully saturated rings. The van der Waals surface area contributed by atoms with Crippen LogP contribution in [0.4, 0.5) is 0 Å². The monoisotopic (exact) mass is 180 g/mol. The van der Waals surface area contributed by atoms with Crippen LogP contribution in [0.25, 0.3) is 0 Å². The highest BCUT2D eigenvalue weighted by molar-refractivity contribution is 6.00. The van der Waals surface area contributed by atoms with E-state index < -0.39 is 0 Å². The van der Waals surface area contributed by atoms with Gasteiger partial charge in [0.1, 0.15) is 17.3 Å². The standard InChI is InChI=1S/C9H12N2O2/c1-2-13-7-5-3-4-6(12)8(7)9(10)11/h3-5,12H,2H2,1H3,(H3,10,11). The van der Waals surface area contributed by atoms with Crippen LogP contribution in [0.3, 0.4) is 0 Å². The molecule has 0 amide bonds. The van der Waals surface area contributed by atoms with Crippen molar-refractivity contribution in [2.24, 2.45) is 5.73 Å². The lowest BCUT2D eigenvalue weighted by atomic mass is 10.1. The molecule has 4 heteroatoms. The molecule has 0 unspecified atom stereocenters. The average Bonchev–Trinajstić information content (AvgIpc) is 2.04. The number of hydrogen-bond donors (Lipinski definition) is 3. The summed E-state index contributed by atoms with van der Waals surface area (Å²) in [5, 5.41) is 16.6. The molecular formula is C9H12N2O2. The molecule has 0 saturated carbocycles. The Balaban J connectivity index is 3.17. The molecule has 0 heterocycles. The number of rotatable bonds is 3. The van der Waals surface area contributed by atoms with E-state index in [9.17, 15) is 5.11 Å². The van der Waals surface area contributed by atoms with E-state index >= 15 is 0 Å². The maximum Gasteiger partial charge on any atom is 0.133 e. The van der Waals surface area contributed by atoms with Gasteiger partial charge in [-0.25, -0.2) is 0 Å². The lowest BCUT2D eigenvalue weighted by Crippen LogP contribution is -2.13. The van der Waals surface area contributed by atoms with Gasteiger partial charge in [-0.3, -0.25) is 5.41 Å². The van der Waals surface area contributed by atoms with Gasteiger partial charge in [-0.2, -0.15) is 0 Å². The summed E-state index contributed by atoms with van der Waals surface area (Å²) in [5.74, 6) is 0.218. The van der Waals surface area contributed by atoms with Crippen LogP contribution in [-0.2, 0) is 0 Å². The predicted molar refractivity (Wildman–Crippen MR) is 50.3 cm³/mol. The topological polar surface area (TPSA) is 79.3 Å². The Morgan fingerprint density at radius 3 is 2.85 bits per heavy atom. The maximum absolute atomic E-state index is 9.39. The van der Waals surface area contributed by atoms with Crippen LogP contribution in [0, 0.1) is 5.41 Å². The van der Waals surface area contributed by atoms with Crippen LogP contribution < -0.4 is 10.5 Å². The van der Waals surface area contributed by atoms with Crippen molar-refractivity contribution in [3.05, 3.63) is 23.8 Å². The quantitative estimate of drug-likeness (QED) is 0.481. The lowest BCUT2D eigenvalue weighted by molar-refractivity contribution is 0.337. The minimum absolute atomic E-state index is 0.0292. The smallest absolute Gasteiger partial charge is 0.133 e. The van der Waals surface area contributed by atoms with Crippen molar-refractivity contribution in [3.8, 4) is 11.5 Å². The van der Waals surface area contributed by atoms with E-state index in [1.807, 2.05) is 6.92 Å². The molecule has 0 spiro atoms. The zero-order valence-corrected chi connectivity index (χ0v) is 7.37. The summed E-state index contributed by atoms with van der Waals surface area (Å²) in [6.07, 6.45) is 0. The third kappa shape index (κ3) is 1.90. The van der Waals surface area contributed by atoms with Crippen molar-refractivity contribution in [1.82, 2.24) is 0 Å². The van der Waals surface area contributed by atoms with Gasteiger partial charge in [-0.1, -0.05) is 6.07 Å².